The molecule has 2 aromatic heterocycles. The third kappa shape index (κ3) is 3.46. The summed E-state index contributed by atoms with van der Waals surface area (Å²) in [4.78, 5) is 17.9. The lowest BCUT2D eigenvalue weighted by molar-refractivity contribution is 0.0942. The van der Waals surface area contributed by atoms with Gasteiger partial charge in [-0.3, -0.25) is 9.78 Å². The van der Waals surface area contributed by atoms with Crippen LogP contribution in [0, 0.1) is 5.82 Å². The molecule has 7 heteroatoms. The first kappa shape index (κ1) is 18.8. The Morgan fingerprint density at radius 1 is 1.21 bits per heavy atom. The third-order valence-electron chi connectivity index (χ3n) is 4.41. The molecule has 1 N–H and O–H groups in total. The molecule has 0 aliphatic rings. The van der Waals surface area contributed by atoms with Crippen molar-refractivity contribution in [2.45, 2.75) is 0 Å². The number of rotatable bonds is 5. The standard InChI is InChI=1S/C21H16ClFN2O2S/c1-27-9-8-24-21(26)20-18(12-2-5-14(23)6-3-12)16-11-25-17-7-4-13(22)10-15(17)19(16)28-20/h2-7,10-11H,8-9H2,1H3,(H,24,26). The van der Waals surface area contributed by atoms with E-state index in [1.165, 1.54) is 23.5 Å². The number of nitrogens with zero attached hydrogens (tertiary/aromatic N) is 1. The number of aromatic nitrogens is 1. The van der Waals surface area contributed by atoms with Crippen molar-refractivity contribution in [1.82, 2.24) is 10.3 Å². The maximum absolute atomic E-state index is 13.4. The zero-order valence-corrected chi connectivity index (χ0v) is 16.5. The number of fused-ring (bicyclic) bond motifs is 3. The lowest BCUT2D eigenvalue weighted by atomic mass is 10.0. The fourth-order valence-corrected chi connectivity index (χ4v) is 4.52. The van der Waals surface area contributed by atoms with E-state index in [1.54, 1.807) is 31.5 Å². The molecule has 0 unspecified atom stereocenters. The van der Waals surface area contributed by atoms with E-state index in [2.05, 4.69) is 10.3 Å². The number of ether oxygens (including phenoxy) is 1. The Balaban J connectivity index is 1.95. The maximum atomic E-state index is 13.4. The summed E-state index contributed by atoms with van der Waals surface area (Å²) in [6.45, 7) is 0.819. The molecule has 0 aliphatic heterocycles. The number of carbonyl (C=O) groups excluding carboxylic acids is 1. The quantitative estimate of drug-likeness (QED) is 0.452. The van der Waals surface area contributed by atoms with E-state index in [0.717, 1.165) is 32.1 Å². The number of pyridine rings is 1. The van der Waals surface area contributed by atoms with Gasteiger partial charge in [-0.15, -0.1) is 11.3 Å². The van der Waals surface area contributed by atoms with E-state index in [4.69, 9.17) is 16.3 Å². The summed E-state index contributed by atoms with van der Waals surface area (Å²) in [5.74, 6) is -0.530. The van der Waals surface area contributed by atoms with Crippen LogP contribution in [-0.4, -0.2) is 31.2 Å². The number of amides is 1. The molecular weight excluding hydrogens is 399 g/mol. The molecule has 0 atom stereocenters. The number of hydrogen-bond acceptors (Lipinski definition) is 4. The predicted molar refractivity (Wildman–Crippen MR) is 112 cm³/mol. The Morgan fingerprint density at radius 2 is 2.00 bits per heavy atom. The van der Waals surface area contributed by atoms with Crippen molar-refractivity contribution in [3.63, 3.8) is 0 Å². The predicted octanol–water partition coefficient (Wildman–Crippen LogP) is 5.29. The van der Waals surface area contributed by atoms with Gasteiger partial charge in [0.25, 0.3) is 5.91 Å². The molecule has 0 saturated carbocycles. The topological polar surface area (TPSA) is 51.2 Å². The van der Waals surface area contributed by atoms with Gasteiger partial charge in [-0.2, -0.15) is 0 Å². The van der Waals surface area contributed by atoms with Gasteiger partial charge in [0.15, 0.2) is 0 Å². The second-order valence-electron chi connectivity index (χ2n) is 6.22. The van der Waals surface area contributed by atoms with Crippen LogP contribution in [0.15, 0.2) is 48.7 Å². The lowest BCUT2D eigenvalue weighted by Crippen LogP contribution is -2.26. The van der Waals surface area contributed by atoms with Gasteiger partial charge < -0.3 is 10.1 Å². The highest BCUT2D eigenvalue weighted by atomic mass is 35.5. The van der Waals surface area contributed by atoms with Crippen molar-refractivity contribution < 1.29 is 13.9 Å². The first-order valence-electron chi connectivity index (χ1n) is 8.62. The molecule has 2 heterocycles. The van der Waals surface area contributed by atoms with Gasteiger partial charge in [-0.1, -0.05) is 23.7 Å². The van der Waals surface area contributed by atoms with Crippen LogP contribution in [0.2, 0.25) is 5.02 Å². The van der Waals surface area contributed by atoms with Crippen LogP contribution >= 0.6 is 22.9 Å². The molecule has 28 heavy (non-hydrogen) atoms. The molecule has 4 nitrogen and oxygen atoms in total. The summed E-state index contributed by atoms with van der Waals surface area (Å²) in [6, 6.07) is 11.6. The number of benzene rings is 2. The van der Waals surface area contributed by atoms with Gasteiger partial charge >= 0.3 is 0 Å². The number of carbonyl (C=O) groups is 1. The molecule has 0 bridgehead atoms. The first-order chi connectivity index (χ1) is 13.6. The molecular formula is C21H16ClFN2O2S. The van der Waals surface area contributed by atoms with E-state index in [0.29, 0.717) is 23.1 Å². The number of nitrogens with one attached hydrogen (secondary N) is 1. The van der Waals surface area contributed by atoms with Crippen LogP contribution in [-0.2, 0) is 4.74 Å². The Bertz CT molecular complexity index is 1170. The Kier molecular flexibility index (Phi) is 5.26. The molecule has 4 rings (SSSR count). The number of hydrogen-bond donors (Lipinski definition) is 1. The normalized spacial score (nSPS) is 11.2. The average molecular weight is 415 g/mol. The van der Waals surface area contributed by atoms with Crippen LogP contribution in [0.5, 0.6) is 0 Å². The van der Waals surface area contributed by atoms with Gasteiger partial charge in [0.2, 0.25) is 0 Å². The summed E-state index contributed by atoms with van der Waals surface area (Å²) in [6.07, 6.45) is 1.76. The highest BCUT2D eigenvalue weighted by Gasteiger charge is 2.21. The highest BCUT2D eigenvalue weighted by molar-refractivity contribution is 7.22. The van der Waals surface area contributed by atoms with E-state index < -0.39 is 0 Å². The second kappa shape index (κ2) is 7.83. The van der Waals surface area contributed by atoms with Crippen LogP contribution in [0.3, 0.4) is 0 Å². The molecule has 142 valence electrons. The monoisotopic (exact) mass is 414 g/mol. The van der Waals surface area contributed by atoms with Crippen LogP contribution in [0.25, 0.3) is 32.1 Å². The largest absolute Gasteiger partial charge is 0.383 e. The minimum atomic E-state index is -0.329. The van der Waals surface area contributed by atoms with E-state index in [9.17, 15) is 9.18 Å². The molecule has 2 aromatic carbocycles. The van der Waals surface area contributed by atoms with Gasteiger partial charge in [0.05, 0.1) is 12.1 Å². The average Bonchev–Trinajstić information content (AvgIpc) is 3.09. The number of halogens is 2. The number of methoxy groups -OCH3 is 1. The van der Waals surface area contributed by atoms with Gasteiger partial charge in [0.1, 0.15) is 10.7 Å². The number of thiophene rings is 1. The Morgan fingerprint density at radius 3 is 2.75 bits per heavy atom. The minimum Gasteiger partial charge on any atom is -0.383 e. The first-order valence-corrected chi connectivity index (χ1v) is 9.82. The fraction of sp³-hybridized carbons (Fsp3) is 0.143. The van der Waals surface area contributed by atoms with Crippen molar-refractivity contribution in [3.8, 4) is 11.1 Å². The minimum absolute atomic E-state index is 0.201. The van der Waals surface area contributed by atoms with Gasteiger partial charge in [-0.05, 0) is 35.9 Å². The summed E-state index contributed by atoms with van der Waals surface area (Å²) in [7, 11) is 1.58. The van der Waals surface area contributed by atoms with Gasteiger partial charge in [0, 0.05) is 45.9 Å². The summed E-state index contributed by atoms with van der Waals surface area (Å²) < 4.78 is 19.4. The van der Waals surface area contributed by atoms with E-state index in [1.807, 2.05) is 12.1 Å². The molecule has 0 spiro atoms. The van der Waals surface area contributed by atoms with Crippen molar-refractivity contribution in [1.29, 1.82) is 0 Å². The van der Waals surface area contributed by atoms with Crippen molar-refractivity contribution in [2.75, 3.05) is 20.3 Å². The lowest BCUT2D eigenvalue weighted by Gasteiger charge is -2.07. The maximum Gasteiger partial charge on any atom is 0.262 e. The zero-order chi connectivity index (χ0) is 19.7. The zero-order valence-electron chi connectivity index (χ0n) is 15.0. The third-order valence-corrected chi connectivity index (χ3v) is 5.88. The molecule has 0 saturated heterocycles. The van der Waals surface area contributed by atoms with Crippen molar-refractivity contribution >= 4 is 49.8 Å². The molecule has 1 amide bonds. The highest BCUT2D eigenvalue weighted by Crippen LogP contribution is 2.42. The van der Waals surface area contributed by atoms with Crippen molar-refractivity contribution in [3.05, 3.63) is 64.4 Å². The molecule has 0 fully saturated rings. The molecule has 0 radical (unpaired) electrons. The molecule has 4 aromatic rings. The second-order valence-corrected chi connectivity index (χ2v) is 7.68. The Hall–Kier alpha value is -2.54. The Labute approximate surface area is 169 Å². The van der Waals surface area contributed by atoms with Crippen molar-refractivity contribution in [2.24, 2.45) is 0 Å². The summed E-state index contributed by atoms with van der Waals surface area (Å²) in [5, 5.41) is 5.19. The fourth-order valence-electron chi connectivity index (χ4n) is 3.11. The van der Waals surface area contributed by atoms with Crippen LogP contribution in [0.4, 0.5) is 4.39 Å². The smallest absolute Gasteiger partial charge is 0.262 e. The van der Waals surface area contributed by atoms with E-state index in [-0.39, 0.29) is 11.7 Å². The van der Waals surface area contributed by atoms with Gasteiger partial charge in [-0.25, -0.2) is 4.39 Å². The SMILES string of the molecule is COCCNC(=O)c1sc2c(cnc3ccc(Cl)cc32)c1-c1ccc(F)cc1. The summed E-state index contributed by atoms with van der Waals surface area (Å²) in [5.41, 5.74) is 2.30. The summed E-state index contributed by atoms with van der Waals surface area (Å²) >= 11 is 7.57. The van der Waals surface area contributed by atoms with Crippen LogP contribution in [0.1, 0.15) is 9.67 Å². The van der Waals surface area contributed by atoms with Crippen LogP contribution < -0.4 is 5.32 Å². The van der Waals surface area contributed by atoms with E-state index >= 15 is 0 Å². The molecule has 0 aliphatic carbocycles.